The Hall–Kier alpha value is -4.63. The van der Waals surface area contributed by atoms with Crippen LogP contribution in [0.5, 0.6) is 0 Å². The molecule has 0 aliphatic carbocycles. The van der Waals surface area contributed by atoms with E-state index in [2.05, 4.69) is 20.8 Å². The number of benzene rings is 3. The lowest BCUT2D eigenvalue weighted by Gasteiger charge is -2.25. The molecule has 1 aromatic heterocycles. The molecule has 200 valence electrons. The second kappa shape index (κ2) is 12.3. The van der Waals surface area contributed by atoms with E-state index < -0.39 is 18.0 Å². The Bertz CT molecular complexity index is 1560. The average Bonchev–Trinajstić information content (AvgIpc) is 2.93. The van der Waals surface area contributed by atoms with Crippen LogP contribution in [0.1, 0.15) is 46.3 Å². The largest absolute Gasteiger partial charge is 0.396 e. The zero-order valence-corrected chi connectivity index (χ0v) is 21.7. The van der Waals surface area contributed by atoms with Crippen molar-refractivity contribution >= 4 is 34.3 Å². The highest BCUT2D eigenvalue weighted by Crippen LogP contribution is 2.28. The number of pyridine rings is 1. The second-order valence-corrected chi connectivity index (χ2v) is 9.44. The molecule has 1 amide bonds. The zero-order valence-electron chi connectivity index (χ0n) is 21.7. The molecule has 2 atom stereocenters. The van der Waals surface area contributed by atoms with Gasteiger partial charge in [0, 0.05) is 30.3 Å². The highest BCUT2D eigenvalue weighted by molar-refractivity contribution is 5.89. The van der Waals surface area contributed by atoms with Gasteiger partial charge < -0.3 is 25.5 Å². The quantitative estimate of drug-likeness (QED) is 0.165. The minimum absolute atomic E-state index is 0.000382. The fourth-order valence-corrected chi connectivity index (χ4v) is 4.87. The van der Waals surface area contributed by atoms with Crippen LogP contribution in [0.4, 0.5) is 11.4 Å². The Morgan fingerprint density at radius 2 is 1.82 bits per heavy atom. The highest BCUT2D eigenvalue weighted by atomic mass is 16.3. The maximum atomic E-state index is 13.8. The maximum Gasteiger partial charge on any atom is 0.255 e. The second-order valence-electron chi connectivity index (χ2n) is 9.44. The molecule has 4 aromatic rings. The van der Waals surface area contributed by atoms with E-state index in [4.69, 9.17) is 0 Å². The van der Waals surface area contributed by atoms with Crippen molar-refractivity contribution in [3.63, 3.8) is 0 Å². The van der Waals surface area contributed by atoms with Gasteiger partial charge in [0.15, 0.2) is 0 Å². The lowest BCUT2D eigenvalue weighted by atomic mass is 9.93. The molecule has 9 heteroatoms. The number of nitroso groups, excluding NO2 is 1. The minimum atomic E-state index is -0.882. The number of anilines is 1. The molecule has 39 heavy (non-hydrogen) atoms. The van der Waals surface area contributed by atoms with Crippen LogP contribution in [0, 0.1) is 18.8 Å². The smallest absolute Gasteiger partial charge is 0.255 e. The fraction of sp³-hybridized carbons (Fsp3) is 0.233. The molecule has 0 fully saturated rings. The van der Waals surface area contributed by atoms with E-state index in [1.165, 1.54) is 6.07 Å². The number of aliphatic hydroxyl groups is 1. The predicted octanol–water partition coefficient (Wildman–Crippen LogP) is 4.68. The van der Waals surface area contributed by atoms with Gasteiger partial charge in [-0.1, -0.05) is 30.3 Å². The summed E-state index contributed by atoms with van der Waals surface area (Å²) in [7, 11) is 0. The van der Waals surface area contributed by atoms with Gasteiger partial charge in [-0.2, -0.15) is 0 Å². The van der Waals surface area contributed by atoms with Crippen LogP contribution in [0.2, 0.25) is 0 Å². The van der Waals surface area contributed by atoms with Crippen LogP contribution in [0.3, 0.4) is 0 Å². The molecule has 9 nitrogen and oxygen atoms in total. The molecule has 0 saturated heterocycles. The van der Waals surface area contributed by atoms with Crippen LogP contribution >= 0.6 is 0 Å². The van der Waals surface area contributed by atoms with Crippen LogP contribution in [-0.2, 0) is 16.0 Å². The first-order valence-electron chi connectivity index (χ1n) is 12.6. The Labute approximate surface area is 225 Å². The Morgan fingerprint density at radius 3 is 2.51 bits per heavy atom. The Morgan fingerprint density at radius 1 is 1.05 bits per heavy atom. The topological polar surface area (TPSA) is 141 Å². The number of nitrogens with one attached hydrogen (secondary N) is 3. The third-order valence-corrected chi connectivity index (χ3v) is 6.79. The molecule has 0 aliphatic heterocycles. The van der Waals surface area contributed by atoms with Gasteiger partial charge in [0.25, 0.3) is 5.56 Å². The molecule has 3 aromatic carbocycles. The van der Waals surface area contributed by atoms with E-state index in [1.807, 2.05) is 26.0 Å². The molecule has 0 spiro atoms. The molecule has 1 unspecified atom stereocenters. The summed E-state index contributed by atoms with van der Waals surface area (Å²) in [4.78, 5) is 51.4. The lowest BCUT2D eigenvalue weighted by Crippen LogP contribution is -2.36. The summed E-state index contributed by atoms with van der Waals surface area (Å²) in [6, 6.07) is 15.8. The van der Waals surface area contributed by atoms with Crippen molar-refractivity contribution < 1.29 is 14.7 Å². The summed E-state index contributed by atoms with van der Waals surface area (Å²) >= 11 is 0. The number of aromatic nitrogens is 1. The number of hydrogen-bond donors (Lipinski definition) is 4. The molecule has 0 radical (unpaired) electrons. The van der Waals surface area contributed by atoms with E-state index in [0.29, 0.717) is 34.9 Å². The molecule has 0 saturated carbocycles. The van der Waals surface area contributed by atoms with Gasteiger partial charge >= 0.3 is 0 Å². The van der Waals surface area contributed by atoms with E-state index in [1.54, 1.807) is 48.7 Å². The van der Waals surface area contributed by atoms with Crippen LogP contribution < -0.4 is 16.2 Å². The van der Waals surface area contributed by atoms with E-state index in [9.17, 15) is 24.4 Å². The van der Waals surface area contributed by atoms with Gasteiger partial charge in [-0.25, -0.2) is 0 Å². The number of nitrogens with zero attached hydrogens (tertiary/aromatic N) is 1. The summed E-state index contributed by atoms with van der Waals surface area (Å²) in [5.74, 6) is -0.401. The van der Waals surface area contributed by atoms with E-state index in [-0.39, 0.29) is 24.3 Å². The van der Waals surface area contributed by atoms with Crippen LogP contribution in [0.25, 0.3) is 10.8 Å². The number of aldehydes is 1. The summed E-state index contributed by atoms with van der Waals surface area (Å²) in [5.41, 5.74) is 4.65. The molecular weight excluding hydrogens is 496 g/mol. The van der Waals surface area contributed by atoms with Crippen molar-refractivity contribution in [2.45, 2.75) is 38.8 Å². The third-order valence-electron chi connectivity index (χ3n) is 6.79. The fourth-order valence-electron chi connectivity index (χ4n) is 4.87. The van der Waals surface area contributed by atoms with Crippen molar-refractivity contribution in [2.24, 2.45) is 5.18 Å². The number of hydrogen-bond acceptors (Lipinski definition) is 7. The van der Waals surface area contributed by atoms with Crippen molar-refractivity contribution in [3.05, 3.63) is 110 Å². The molecule has 4 N–H and O–H groups in total. The van der Waals surface area contributed by atoms with Crippen molar-refractivity contribution in [1.82, 2.24) is 10.3 Å². The molecular formula is C30H30N4O5. The number of aromatic amines is 1. The lowest BCUT2D eigenvalue weighted by molar-refractivity contribution is -0.122. The molecule has 4 rings (SSSR count). The van der Waals surface area contributed by atoms with Gasteiger partial charge in [0.05, 0.1) is 6.04 Å². The number of fused-ring (bicyclic) bond motifs is 1. The average molecular weight is 527 g/mol. The maximum absolute atomic E-state index is 13.8. The summed E-state index contributed by atoms with van der Waals surface area (Å²) in [6.45, 7) is 3.87. The first kappa shape index (κ1) is 27.4. The monoisotopic (exact) mass is 526 g/mol. The summed E-state index contributed by atoms with van der Waals surface area (Å²) < 4.78 is 0. The van der Waals surface area contributed by atoms with Crippen LogP contribution in [-0.4, -0.2) is 28.9 Å². The number of H-pyrrole nitrogens is 1. The Kier molecular flexibility index (Phi) is 8.63. The summed E-state index contributed by atoms with van der Waals surface area (Å²) in [6.07, 6.45) is 2.79. The highest BCUT2D eigenvalue weighted by Gasteiger charge is 2.25. The number of rotatable bonds is 11. The number of carbonyl (C=O) groups excluding carboxylic acids is 2. The van der Waals surface area contributed by atoms with E-state index >= 15 is 0 Å². The molecule has 0 bridgehead atoms. The van der Waals surface area contributed by atoms with Crippen molar-refractivity contribution in [3.8, 4) is 0 Å². The standard InChI is InChI=1S/C30H30N4O5/c1-18-14-22(15-19(2)25(18)9-12-35)28(32-23-7-6-20-8-11-31-29(37)26(20)17-23)30(38)33-27(10-13-36)21-4-3-5-24(16-21)34-39/h3-8,11,13-17,27-28,32,35H,9-10,12H2,1-2H3,(H,31,37)(H,33,38)/t27-,28?/m1/s1. The van der Waals surface area contributed by atoms with Gasteiger partial charge in [0.2, 0.25) is 5.91 Å². The zero-order chi connectivity index (χ0) is 27.9. The Balaban J connectivity index is 1.74. The summed E-state index contributed by atoms with van der Waals surface area (Å²) in [5, 5.41) is 19.9. The first-order valence-corrected chi connectivity index (χ1v) is 12.6. The number of aliphatic hydroxyl groups excluding tert-OH is 1. The van der Waals surface area contributed by atoms with Gasteiger partial charge in [-0.05, 0) is 89.0 Å². The van der Waals surface area contributed by atoms with Crippen LogP contribution in [0.15, 0.2) is 76.8 Å². The van der Waals surface area contributed by atoms with Crippen molar-refractivity contribution in [2.75, 3.05) is 11.9 Å². The van der Waals surface area contributed by atoms with E-state index in [0.717, 1.165) is 22.1 Å². The predicted molar refractivity (Wildman–Crippen MR) is 151 cm³/mol. The number of aryl methyl sites for hydroxylation is 2. The minimum Gasteiger partial charge on any atom is -0.396 e. The van der Waals surface area contributed by atoms with Crippen molar-refractivity contribution in [1.29, 1.82) is 0 Å². The number of carbonyl (C=O) groups is 2. The van der Waals surface area contributed by atoms with Gasteiger partial charge in [-0.15, -0.1) is 4.91 Å². The SMILES string of the molecule is Cc1cc(C(Nc2ccc3cc[nH]c(=O)c3c2)C(=O)N[C@H](CC=O)c2cccc(N=O)c2)cc(C)c1CCO. The molecule has 1 heterocycles. The first-order chi connectivity index (χ1) is 18.8. The third kappa shape index (κ3) is 6.27. The van der Waals surface area contributed by atoms with Gasteiger partial charge in [-0.3, -0.25) is 9.59 Å². The molecule has 0 aliphatic rings. The number of amides is 1. The normalized spacial score (nSPS) is 12.5. The van der Waals surface area contributed by atoms with Gasteiger partial charge in [0.1, 0.15) is 18.0 Å².